The minimum atomic E-state index is 0.599. The summed E-state index contributed by atoms with van der Waals surface area (Å²) in [4.78, 5) is 4.93. The standard InChI is InChI=1S/C14H31N3O/c1-13(11-15-7-10-18-4)17(3)12-14-5-8-16(2)9-6-14/h13-15H,5-12H2,1-4H3. The molecule has 1 saturated heterocycles. The molecule has 1 atom stereocenters. The highest BCUT2D eigenvalue weighted by Gasteiger charge is 2.19. The van der Waals surface area contributed by atoms with Gasteiger partial charge in [0.2, 0.25) is 0 Å². The summed E-state index contributed by atoms with van der Waals surface area (Å²) in [6.07, 6.45) is 2.70. The summed E-state index contributed by atoms with van der Waals surface area (Å²) < 4.78 is 5.03. The van der Waals surface area contributed by atoms with Crippen LogP contribution in [0.5, 0.6) is 0 Å². The number of likely N-dealkylation sites (N-methyl/N-ethyl adjacent to an activating group) is 1. The molecule has 4 heteroatoms. The highest BCUT2D eigenvalue weighted by molar-refractivity contribution is 4.75. The van der Waals surface area contributed by atoms with Gasteiger partial charge in [-0.25, -0.2) is 0 Å². The van der Waals surface area contributed by atoms with Gasteiger partial charge in [-0.1, -0.05) is 0 Å². The van der Waals surface area contributed by atoms with Crippen LogP contribution in [-0.4, -0.2) is 76.4 Å². The Kier molecular flexibility index (Phi) is 7.82. The molecule has 1 heterocycles. The van der Waals surface area contributed by atoms with Crippen molar-refractivity contribution in [2.75, 3.05) is 60.5 Å². The minimum absolute atomic E-state index is 0.599. The number of rotatable bonds is 8. The quantitative estimate of drug-likeness (QED) is 0.654. The van der Waals surface area contributed by atoms with Crippen molar-refractivity contribution in [3.63, 3.8) is 0 Å². The molecule has 1 unspecified atom stereocenters. The predicted octanol–water partition coefficient (Wildman–Crippen LogP) is 0.885. The van der Waals surface area contributed by atoms with Crippen molar-refractivity contribution in [1.29, 1.82) is 0 Å². The Balaban J connectivity index is 2.12. The van der Waals surface area contributed by atoms with E-state index in [0.29, 0.717) is 6.04 Å². The fraction of sp³-hybridized carbons (Fsp3) is 1.00. The van der Waals surface area contributed by atoms with Crippen LogP contribution in [0.25, 0.3) is 0 Å². The Bertz CT molecular complexity index is 205. The van der Waals surface area contributed by atoms with Gasteiger partial charge < -0.3 is 19.9 Å². The Morgan fingerprint density at radius 2 is 2.06 bits per heavy atom. The molecular weight excluding hydrogens is 226 g/mol. The van der Waals surface area contributed by atoms with E-state index in [-0.39, 0.29) is 0 Å². The van der Waals surface area contributed by atoms with E-state index < -0.39 is 0 Å². The van der Waals surface area contributed by atoms with Gasteiger partial charge in [0, 0.05) is 32.8 Å². The predicted molar refractivity (Wildman–Crippen MR) is 77.1 cm³/mol. The Morgan fingerprint density at radius 1 is 1.39 bits per heavy atom. The molecule has 108 valence electrons. The maximum atomic E-state index is 5.03. The third-order valence-corrected chi connectivity index (χ3v) is 4.06. The van der Waals surface area contributed by atoms with Gasteiger partial charge in [-0.15, -0.1) is 0 Å². The van der Waals surface area contributed by atoms with Crippen molar-refractivity contribution in [2.24, 2.45) is 5.92 Å². The first kappa shape index (κ1) is 15.9. The first-order chi connectivity index (χ1) is 8.63. The lowest BCUT2D eigenvalue weighted by Gasteiger charge is -2.34. The van der Waals surface area contributed by atoms with Gasteiger partial charge in [-0.2, -0.15) is 0 Å². The zero-order chi connectivity index (χ0) is 13.4. The van der Waals surface area contributed by atoms with E-state index in [2.05, 4.69) is 36.1 Å². The molecule has 1 N–H and O–H groups in total. The SMILES string of the molecule is COCCNCC(C)N(C)CC1CCN(C)CC1. The molecule has 0 spiro atoms. The van der Waals surface area contributed by atoms with E-state index in [1.54, 1.807) is 7.11 Å². The lowest BCUT2D eigenvalue weighted by molar-refractivity contribution is 0.150. The number of hydrogen-bond acceptors (Lipinski definition) is 4. The van der Waals surface area contributed by atoms with Gasteiger partial charge in [0.1, 0.15) is 0 Å². The number of likely N-dealkylation sites (tertiary alicyclic amines) is 1. The van der Waals surface area contributed by atoms with Crippen molar-refractivity contribution in [1.82, 2.24) is 15.1 Å². The third-order valence-electron chi connectivity index (χ3n) is 4.06. The lowest BCUT2D eigenvalue weighted by Crippen LogP contribution is -2.43. The second-order valence-corrected chi connectivity index (χ2v) is 5.73. The maximum absolute atomic E-state index is 5.03. The molecule has 18 heavy (non-hydrogen) atoms. The van der Waals surface area contributed by atoms with Crippen molar-refractivity contribution in [2.45, 2.75) is 25.8 Å². The topological polar surface area (TPSA) is 27.7 Å². The Hall–Kier alpha value is -0.160. The van der Waals surface area contributed by atoms with Crippen LogP contribution in [0, 0.1) is 5.92 Å². The molecule has 1 aliphatic heterocycles. The second-order valence-electron chi connectivity index (χ2n) is 5.73. The maximum Gasteiger partial charge on any atom is 0.0587 e. The fourth-order valence-electron chi connectivity index (χ4n) is 2.47. The van der Waals surface area contributed by atoms with E-state index >= 15 is 0 Å². The molecule has 0 saturated carbocycles. The normalized spacial score (nSPS) is 20.5. The number of methoxy groups -OCH3 is 1. The molecule has 1 rings (SSSR count). The van der Waals surface area contributed by atoms with Crippen LogP contribution in [0.15, 0.2) is 0 Å². The van der Waals surface area contributed by atoms with Gasteiger partial charge >= 0.3 is 0 Å². The number of hydrogen-bond donors (Lipinski definition) is 1. The monoisotopic (exact) mass is 257 g/mol. The number of nitrogens with zero attached hydrogens (tertiary/aromatic N) is 2. The van der Waals surface area contributed by atoms with Crippen LogP contribution in [-0.2, 0) is 4.74 Å². The summed E-state index contributed by atoms with van der Waals surface area (Å²) in [6, 6.07) is 0.599. The van der Waals surface area contributed by atoms with Crippen LogP contribution < -0.4 is 5.32 Å². The largest absolute Gasteiger partial charge is 0.383 e. The summed E-state index contributed by atoms with van der Waals surface area (Å²) in [5.74, 6) is 0.882. The molecule has 0 aliphatic carbocycles. The molecule has 0 aromatic carbocycles. The number of piperidine rings is 1. The van der Waals surface area contributed by atoms with Gasteiger partial charge in [0.15, 0.2) is 0 Å². The first-order valence-corrected chi connectivity index (χ1v) is 7.22. The zero-order valence-electron chi connectivity index (χ0n) is 12.6. The highest BCUT2D eigenvalue weighted by atomic mass is 16.5. The number of nitrogens with one attached hydrogen (secondary N) is 1. The molecule has 1 aliphatic rings. The Morgan fingerprint density at radius 3 is 2.67 bits per heavy atom. The third kappa shape index (κ3) is 6.14. The van der Waals surface area contributed by atoms with E-state index in [1.807, 2.05) is 0 Å². The van der Waals surface area contributed by atoms with Crippen LogP contribution in [0.1, 0.15) is 19.8 Å². The summed E-state index contributed by atoms with van der Waals surface area (Å²) in [5.41, 5.74) is 0. The van der Waals surface area contributed by atoms with Crippen LogP contribution >= 0.6 is 0 Å². The minimum Gasteiger partial charge on any atom is -0.383 e. The van der Waals surface area contributed by atoms with Crippen molar-refractivity contribution >= 4 is 0 Å². The summed E-state index contributed by atoms with van der Waals surface area (Å²) in [6.45, 7) is 8.86. The summed E-state index contributed by atoms with van der Waals surface area (Å²) >= 11 is 0. The average Bonchev–Trinajstić information content (AvgIpc) is 2.37. The van der Waals surface area contributed by atoms with Crippen molar-refractivity contribution < 1.29 is 4.74 Å². The summed E-state index contributed by atoms with van der Waals surface area (Å²) in [5, 5.41) is 3.44. The van der Waals surface area contributed by atoms with E-state index in [4.69, 9.17) is 4.74 Å². The van der Waals surface area contributed by atoms with Gasteiger partial charge in [0.05, 0.1) is 6.61 Å². The first-order valence-electron chi connectivity index (χ1n) is 7.22. The lowest BCUT2D eigenvalue weighted by atomic mass is 9.96. The van der Waals surface area contributed by atoms with Crippen LogP contribution in [0.3, 0.4) is 0 Å². The Labute approximate surface area is 113 Å². The van der Waals surface area contributed by atoms with Crippen molar-refractivity contribution in [3.05, 3.63) is 0 Å². The molecular formula is C14H31N3O. The van der Waals surface area contributed by atoms with Gasteiger partial charge in [-0.3, -0.25) is 0 Å². The van der Waals surface area contributed by atoms with Gasteiger partial charge in [0.25, 0.3) is 0 Å². The molecule has 0 aromatic rings. The van der Waals surface area contributed by atoms with Crippen LogP contribution in [0.4, 0.5) is 0 Å². The molecule has 0 aromatic heterocycles. The number of ether oxygens (including phenoxy) is 1. The van der Waals surface area contributed by atoms with Gasteiger partial charge in [-0.05, 0) is 52.9 Å². The van der Waals surface area contributed by atoms with E-state index in [0.717, 1.165) is 25.6 Å². The molecule has 0 bridgehead atoms. The van der Waals surface area contributed by atoms with Crippen molar-refractivity contribution in [3.8, 4) is 0 Å². The summed E-state index contributed by atoms with van der Waals surface area (Å²) in [7, 11) is 6.22. The molecule has 1 fully saturated rings. The fourth-order valence-corrected chi connectivity index (χ4v) is 2.47. The average molecular weight is 257 g/mol. The van der Waals surface area contributed by atoms with E-state index in [9.17, 15) is 0 Å². The second kappa shape index (κ2) is 8.86. The zero-order valence-corrected chi connectivity index (χ0v) is 12.6. The van der Waals surface area contributed by atoms with E-state index in [1.165, 1.54) is 32.5 Å². The molecule has 4 nitrogen and oxygen atoms in total. The smallest absolute Gasteiger partial charge is 0.0587 e. The van der Waals surface area contributed by atoms with Crippen LogP contribution in [0.2, 0.25) is 0 Å². The molecule has 0 amide bonds. The highest BCUT2D eigenvalue weighted by Crippen LogP contribution is 2.17. The molecule has 0 radical (unpaired) electrons.